The van der Waals surface area contributed by atoms with Gasteiger partial charge in [0, 0.05) is 0 Å². The van der Waals surface area contributed by atoms with E-state index >= 15 is 0 Å². The van der Waals surface area contributed by atoms with E-state index in [1.54, 1.807) is 0 Å². The molecule has 0 aliphatic heterocycles. The molecule has 0 bridgehead atoms. The van der Waals surface area contributed by atoms with E-state index in [0.717, 1.165) is 0 Å². The van der Waals surface area contributed by atoms with Gasteiger partial charge in [-0.3, -0.25) is 5.73 Å². The SMILES string of the molecule is Nc1ncc[n+]([O-])c1N. The van der Waals surface area contributed by atoms with Crippen LogP contribution >= 0.6 is 0 Å². The Bertz CT molecular complexity index is 204. The molecule has 0 spiro atoms. The lowest BCUT2D eigenvalue weighted by Gasteiger charge is -2.02. The molecule has 1 rings (SSSR count). The van der Waals surface area contributed by atoms with E-state index in [0.29, 0.717) is 4.73 Å². The molecule has 4 N–H and O–H groups in total. The van der Waals surface area contributed by atoms with Gasteiger partial charge in [-0.05, 0) is 0 Å². The lowest BCUT2D eigenvalue weighted by molar-refractivity contribution is -0.589. The molecule has 5 heteroatoms. The predicted octanol–water partition coefficient (Wildman–Crippen LogP) is -1.12. The first kappa shape index (κ1) is 5.61. The number of hydrogen-bond donors (Lipinski definition) is 2. The molecule has 0 amide bonds. The molecule has 0 unspecified atom stereocenters. The maximum Gasteiger partial charge on any atom is 0.318 e. The summed E-state index contributed by atoms with van der Waals surface area (Å²) in [4.78, 5) is 3.57. The topological polar surface area (TPSA) is 91.9 Å². The summed E-state index contributed by atoms with van der Waals surface area (Å²) in [6, 6.07) is 0. The number of nitrogens with zero attached hydrogens (tertiary/aromatic N) is 2. The molecule has 1 aromatic rings. The van der Waals surface area contributed by atoms with Gasteiger partial charge in [0.05, 0.1) is 6.20 Å². The summed E-state index contributed by atoms with van der Waals surface area (Å²) in [5, 5.41) is 10.5. The molecule has 9 heavy (non-hydrogen) atoms. The second-order valence-electron chi connectivity index (χ2n) is 1.52. The number of aromatic nitrogens is 2. The van der Waals surface area contributed by atoms with E-state index in [1.165, 1.54) is 12.4 Å². The zero-order valence-electron chi connectivity index (χ0n) is 4.61. The first-order valence-corrected chi connectivity index (χ1v) is 2.31. The van der Waals surface area contributed by atoms with Crippen LogP contribution in [0.4, 0.5) is 11.6 Å². The fourth-order valence-electron chi connectivity index (χ4n) is 0.434. The van der Waals surface area contributed by atoms with Crippen LogP contribution in [0.3, 0.4) is 0 Å². The number of nitrogens with two attached hydrogens (primary N) is 2. The van der Waals surface area contributed by atoms with Gasteiger partial charge in [-0.25, -0.2) is 9.71 Å². The minimum absolute atomic E-state index is 0.0579. The van der Waals surface area contributed by atoms with Crippen molar-refractivity contribution in [2.45, 2.75) is 0 Å². The number of rotatable bonds is 0. The molecule has 5 nitrogen and oxygen atoms in total. The average Bonchev–Trinajstić information content (AvgIpc) is 1.83. The lowest BCUT2D eigenvalue weighted by atomic mass is 10.6. The highest BCUT2D eigenvalue weighted by molar-refractivity contribution is 5.46. The highest BCUT2D eigenvalue weighted by Gasteiger charge is 2.00. The second-order valence-corrected chi connectivity index (χ2v) is 1.52. The zero-order chi connectivity index (χ0) is 6.85. The summed E-state index contributed by atoms with van der Waals surface area (Å²) in [5.74, 6) is 0.00463. The van der Waals surface area contributed by atoms with Gasteiger partial charge in [-0.2, -0.15) is 0 Å². The van der Waals surface area contributed by atoms with E-state index in [1.807, 2.05) is 0 Å². The van der Waals surface area contributed by atoms with Crippen LogP contribution in [0.25, 0.3) is 0 Å². The molecular weight excluding hydrogens is 120 g/mol. The molecule has 0 aromatic carbocycles. The number of anilines is 2. The zero-order valence-corrected chi connectivity index (χ0v) is 4.61. The third kappa shape index (κ3) is 0.835. The van der Waals surface area contributed by atoms with Crippen molar-refractivity contribution >= 4 is 11.6 Å². The van der Waals surface area contributed by atoms with Crippen LogP contribution in [-0.2, 0) is 0 Å². The molecular formula is C4H6N4O. The van der Waals surface area contributed by atoms with Crippen LogP contribution in [-0.4, -0.2) is 4.98 Å². The van der Waals surface area contributed by atoms with Gasteiger partial charge in [0.1, 0.15) is 6.20 Å². The van der Waals surface area contributed by atoms with Gasteiger partial charge in [-0.1, -0.05) is 0 Å². The number of hydrogen-bond acceptors (Lipinski definition) is 4. The molecule has 0 saturated heterocycles. The van der Waals surface area contributed by atoms with Gasteiger partial charge >= 0.3 is 5.82 Å². The monoisotopic (exact) mass is 126 g/mol. The van der Waals surface area contributed by atoms with Gasteiger partial charge in [0.15, 0.2) is 0 Å². The molecule has 1 aromatic heterocycles. The maximum absolute atomic E-state index is 10.5. The maximum atomic E-state index is 10.5. The predicted molar refractivity (Wildman–Crippen MR) is 32.0 cm³/mol. The Hall–Kier alpha value is -1.52. The summed E-state index contributed by atoms with van der Waals surface area (Å²) in [5.41, 5.74) is 10.3. The second kappa shape index (κ2) is 1.77. The minimum atomic E-state index is -0.0579. The van der Waals surface area contributed by atoms with Gasteiger partial charge in [-0.15, -0.1) is 0 Å². The van der Waals surface area contributed by atoms with Crippen molar-refractivity contribution in [2.24, 2.45) is 0 Å². The summed E-state index contributed by atoms with van der Waals surface area (Å²) in [6.45, 7) is 0. The normalized spacial score (nSPS) is 9.33. The van der Waals surface area contributed by atoms with Crippen molar-refractivity contribution in [1.29, 1.82) is 0 Å². The molecule has 0 atom stereocenters. The molecule has 48 valence electrons. The van der Waals surface area contributed by atoms with Crippen molar-refractivity contribution in [3.63, 3.8) is 0 Å². The van der Waals surface area contributed by atoms with Crippen LogP contribution in [0.2, 0.25) is 0 Å². The van der Waals surface area contributed by atoms with Gasteiger partial charge in [0.2, 0.25) is 5.82 Å². The Labute approximate surface area is 51.5 Å². The van der Waals surface area contributed by atoms with E-state index in [-0.39, 0.29) is 11.6 Å². The van der Waals surface area contributed by atoms with Crippen LogP contribution in [0, 0.1) is 5.21 Å². The summed E-state index contributed by atoms with van der Waals surface area (Å²) in [7, 11) is 0. The van der Waals surface area contributed by atoms with Crippen LogP contribution < -0.4 is 16.2 Å². The fraction of sp³-hybridized carbons (Fsp3) is 0. The molecule has 0 radical (unpaired) electrons. The first-order chi connectivity index (χ1) is 4.22. The van der Waals surface area contributed by atoms with E-state index in [9.17, 15) is 5.21 Å². The largest absolute Gasteiger partial charge is 0.710 e. The van der Waals surface area contributed by atoms with Crippen LogP contribution in [0.5, 0.6) is 0 Å². The number of nitrogen functional groups attached to an aromatic ring is 2. The molecule has 1 heterocycles. The fourth-order valence-corrected chi connectivity index (χ4v) is 0.434. The summed E-state index contributed by atoms with van der Waals surface area (Å²) < 4.78 is 0.461. The molecule has 0 fully saturated rings. The minimum Gasteiger partial charge on any atom is -0.710 e. The molecule has 0 aliphatic rings. The lowest BCUT2D eigenvalue weighted by Crippen LogP contribution is -2.31. The third-order valence-electron chi connectivity index (χ3n) is 0.916. The standard InChI is InChI=1S/C4H6N4O/c5-3-4(6)8(9)2-1-7-3/h1-2H,6H2,(H2,5,7). The van der Waals surface area contributed by atoms with Crippen molar-refractivity contribution in [3.8, 4) is 0 Å². The van der Waals surface area contributed by atoms with E-state index in [2.05, 4.69) is 4.98 Å². The van der Waals surface area contributed by atoms with E-state index in [4.69, 9.17) is 11.5 Å². The molecule has 0 aliphatic carbocycles. The Balaban J connectivity index is 3.25. The first-order valence-electron chi connectivity index (χ1n) is 2.31. The van der Waals surface area contributed by atoms with Crippen LogP contribution in [0.15, 0.2) is 12.4 Å². The van der Waals surface area contributed by atoms with Crippen molar-refractivity contribution < 1.29 is 4.73 Å². The average molecular weight is 126 g/mol. The quantitative estimate of drug-likeness (QED) is 0.340. The smallest absolute Gasteiger partial charge is 0.318 e. The molecule has 0 saturated carbocycles. The van der Waals surface area contributed by atoms with Crippen molar-refractivity contribution in [3.05, 3.63) is 17.6 Å². The highest BCUT2D eigenvalue weighted by Crippen LogP contribution is 1.99. The van der Waals surface area contributed by atoms with Crippen molar-refractivity contribution in [2.75, 3.05) is 11.5 Å². The Morgan fingerprint density at radius 1 is 1.56 bits per heavy atom. The Kier molecular flexibility index (Phi) is 1.11. The highest BCUT2D eigenvalue weighted by atomic mass is 16.5. The van der Waals surface area contributed by atoms with E-state index < -0.39 is 0 Å². The van der Waals surface area contributed by atoms with Crippen LogP contribution in [0.1, 0.15) is 0 Å². The Morgan fingerprint density at radius 3 is 2.67 bits per heavy atom. The van der Waals surface area contributed by atoms with Gasteiger partial charge in [0.25, 0.3) is 0 Å². The van der Waals surface area contributed by atoms with Gasteiger partial charge < -0.3 is 10.9 Å². The van der Waals surface area contributed by atoms with Crippen molar-refractivity contribution in [1.82, 2.24) is 4.98 Å². The Morgan fingerprint density at radius 2 is 2.22 bits per heavy atom. The third-order valence-corrected chi connectivity index (χ3v) is 0.916. The summed E-state index contributed by atoms with van der Waals surface area (Å²) >= 11 is 0. The summed E-state index contributed by atoms with van der Waals surface area (Å²) in [6.07, 6.45) is 2.48.